The van der Waals surface area contributed by atoms with Crippen molar-refractivity contribution >= 4 is 35.1 Å². The van der Waals surface area contributed by atoms with Crippen LogP contribution in [-0.2, 0) is 19.1 Å². The number of imide groups is 1. The first-order chi connectivity index (χ1) is 18.5. The molecule has 2 aliphatic carbocycles. The quantitative estimate of drug-likeness (QED) is 0.362. The Balaban J connectivity index is 1.01. The van der Waals surface area contributed by atoms with E-state index in [0.29, 0.717) is 34.7 Å². The van der Waals surface area contributed by atoms with Crippen LogP contribution in [0.4, 0.5) is 11.4 Å². The van der Waals surface area contributed by atoms with Gasteiger partial charge in [-0.2, -0.15) is 0 Å². The summed E-state index contributed by atoms with van der Waals surface area (Å²) < 4.78 is 10.9. The number of carbonyl (C=O) groups excluding carboxylic acids is 4. The number of nitrogens with zero attached hydrogens (tertiary/aromatic N) is 1. The first kappa shape index (κ1) is 23.9. The Hall–Kier alpha value is -4.46. The van der Waals surface area contributed by atoms with Gasteiger partial charge < -0.3 is 14.8 Å². The van der Waals surface area contributed by atoms with Crippen molar-refractivity contribution in [2.24, 2.45) is 23.7 Å². The van der Waals surface area contributed by atoms with Gasteiger partial charge in [0.15, 0.2) is 6.61 Å². The van der Waals surface area contributed by atoms with Crippen LogP contribution in [-0.4, -0.2) is 30.3 Å². The van der Waals surface area contributed by atoms with Crippen LogP contribution in [0.3, 0.4) is 0 Å². The van der Waals surface area contributed by atoms with Crippen LogP contribution in [0, 0.1) is 23.7 Å². The number of para-hydroxylation sites is 1. The summed E-state index contributed by atoms with van der Waals surface area (Å²) in [6.07, 6.45) is 3.02. The Kier molecular flexibility index (Phi) is 6.15. The molecule has 2 bridgehead atoms. The molecule has 4 atom stereocenters. The predicted octanol–water partition coefficient (Wildman–Crippen LogP) is 4.81. The van der Waals surface area contributed by atoms with Crippen molar-refractivity contribution in [1.82, 2.24) is 0 Å². The molecule has 38 heavy (non-hydrogen) atoms. The van der Waals surface area contributed by atoms with Crippen molar-refractivity contribution in [3.63, 3.8) is 0 Å². The number of amides is 3. The molecule has 0 spiro atoms. The number of fused-ring (bicyclic) bond motifs is 5. The van der Waals surface area contributed by atoms with Gasteiger partial charge in [-0.15, -0.1) is 0 Å². The van der Waals surface area contributed by atoms with Gasteiger partial charge in [-0.25, -0.2) is 4.79 Å². The smallest absolute Gasteiger partial charge is 0.338 e. The average molecular weight is 511 g/mol. The topological polar surface area (TPSA) is 102 Å². The lowest BCUT2D eigenvalue weighted by atomic mass is 9.81. The van der Waals surface area contributed by atoms with E-state index in [4.69, 9.17) is 9.47 Å². The zero-order chi connectivity index (χ0) is 26.2. The third-order valence-corrected chi connectivity index (χ3v) is 7.74. The highest BCUT2D eigenvalue weighted by Gasteiger charge is 2.61. The van der Waals surface area contributed by atoms with Gasteiger partial charge in [0.1, 0.15) is 11.5 Å². The molecule has 3 aromatic carbocycles. The molecule has 8 heteroatoms. The highest BCUT2D eigenvalue weighted by molar-refractivity contribution is 6.22. The summed E-state index contributed by atoms with van der Waals surface area (Å²) in [5, 5.41) is 2.67. The molecule has 0 aromatic heterocycles. The van der Waals surface area contributed by atoms with Crippen LogP contribution in [0.5, 0.6) is 11.5 Å². The summed E-state index contributed by atoms with van der Waals surface area (Å²) in [6, 6.07) is 22.3. The van der Waals surface area contributed by atoms with E-state index in [0.717, 1.165) is 19.3 Å². The normalized spacial score (nSPS) is 23.3. The highest BCUT2D eigenvalue weighted by atomic mass is 16.5. The number of hydrogen-bond acceptors (Lipinski definition) is 6. The Morgan fingerprint density at radius 1 is 0.789 bits per heavy atom. The van der Waals surface area contributed by atoms with Gasteiger partial charge in [0.25, 0.3) is 5.91 Å². The molecule has 6 rings (SSSR count). The standard InChI is InChI=1S/C30H26N2O6/c33-25(31-21-10-14-24(15-11-21)38-23-4-2-1-3-5-23)17-37-30(36)18-8-12-22(13-9-18)32-28(34)26-19-6-7-20(16-19)27(26)29(32)35/h1-5,8-15,19-20,26-27H,6-7,16-17H2,(H,31,33)/t19-,20-,26-,27+/m0/s1. The molecule has 0 unspecified atom stereocenters. The Bertz CT molecular complexity index is 1360. The molecular weight excluding hydrogens is 484 g/mol. The van der Waals surface area contributed by atoms with E-state index in [-0.39, 0.29) is 29.2 Å². The summed E-state index contributed by atoms with van der Waals surface area (Å²) in [5.41, 5.74) is 1.22. The molecule has 3 aromatic rings. The number of carbonyl (C=O) groups is 4. The zero-order valence-corrected chi connectivity index (χ0v) is 20.5. The second kappa shape index (κ2) is 9.78. The summed E-state index contributed by atoms with van der Waals surface area (Å²) in [4.78, 5) is 52.0. The summed E-state index contributed by atoms with van der Waals surface area (Å²) >= 11 is 0. The van der Waals surface area contributed by atoms with Crippen LogP contribution >= 0.6 is 0 Å². The van der Waals surface area contributed by atoms with Crippen LogP contribution in [0.1, 0.15) is 29.6 Å². The molecule has 0 radical (unpaired) electrons. The van der Waals surface area contributed by atoms with Gasteiger partial charge in [-0.1, -0.05) is 18.2 Å². The van der Waals surface area contributed by atoms with Crippen molar-refractivity contribution in [3.8, 4) is 11.5 Å². The zero-order valence-electron chi connectivity index (χ0n) is 20.5. The fourth-order valence-electron chi connectivity index (χ4n) is 6.05. The van der Waals surface area contributed by atoms with Gasteiger partial charge in [-0.3, -0.25) is 19.3 Å². The van der Waals surface area contributed by atoms with Crippen LogP contribution in [0.25, 0.3) is 0 Å². The molecule has 8 nitrogen and oxygen atoms in total. The molecule has 1 N–H and O–H groups in total. The minimum Gasteiger partial charge on any atom is -0.457 e. The average Bonchev–Trinajstić information content (AvgIpc) is 3.63. The summed E-state index contributed by atoms with van der Waals surface area (Å²) in [7, 11) is 0. The molecular formula is C30H26N2O6. The van der Waals surface area contributed by atoms with Crippen molar-refractivity contribution in [2.75, 3.05) is 16.8 Å². The third-order valence-electron chi connectivity index (χ3n) is 7.74. The van der Waals surface area contributed by atoms with Gasteiger partial charge >= 0.3 is 5.97 Å². The molecule has 1 saturated heterocycles. The van der Waals surface area contributed by atoms with Crippen molar-refractivity contribution in [1.29, 1.82) is 0 Å². The Labute approximate surface area is 219 Å². The minimum absolute atomic E-state index is 0.126. The van der Waals surface area contributed by atoms with E-state index < -0.39 is 18.5 Å². The van der Waals surface area contributed by atoms with Gasteiger partial charge in [-0.05, 0) is 91.8 Å². The van der Waals surface area contributed by atoms with Crippen molar-refractivity contribution in [2.45, 2.75) is 19.3 Å². The minimum atomic E-state index is -0.674. The Morgan fingerprint density at radius 2 is 1.39 bits per heavy atom. The maximum atomic E-state index is 13.0. The largest absolute Gasteiger partial charge is 0.457 e. The Morgan fingerprint density at radius 3 is 2.03 bits per heavy atom. The molecule has 3 amide bonds. The van der Waals surface area contributed by atoms with Crippen LogP contribution < -0.4 is 15.0 Å². The fraction of sp³-hybridized carbons (Fsp3) is 0.267. The fourth-order valence-corrected chi connectivity index (χ4v) is 6.05. The molecule has 1 aliphatic heterocycles. The van der Waals surface area contributed by atoms with E-state index >= 15 is 0 Å². The van der Waals surface area contributed by atoms with Crippen molar-refractivity contribution in [3.05, 3.63) is 84.4 Å². The summed E-state index contributed by atoms with van der Waals surface area (Å²) in [6.45, 7) is -0.460. The highest BCUT2D eigenvalue weighted by Crippen LogP contribution is 2.56. The second-order valence-electron chi connectivity index (χ2n) is 10.0. The lowest BCUT2D eigenvalue weighted by Gasteiger charge is -2.19. The first-order valence-electron chi connectivity index (χ1n) is 12.8. The number of benzene rings is 3. The van der Waals surface area contributed by atoms with Crippen LogP contribution in [0.15, 0.2) is 78.9 Å². The molecule has 3 aliphatic rings. The van der Waals surface area contributed by atoms with Crippen LogP contribution in [0.2, 0.25) is 0 Å². The van der Waals surface area contributed by atoms with E-state index in [2.05, 4.69) is 5.32 Å². The number of nitrogens with one attached hydrogen (secondary N) is 1. The lowest BCUT2D eigenvalue weighted by molar-refractivity contribution is -0.123. The number of esters is 1. The second-order valence-corrected chi connectivity index (χ2v) is 10.0. The van der Waals surface area contributed by atoms with E-state index in [1.54, 1.807) is 36.4 Å². The third kappa shape index (κ3) is 4.42. The number of hydrogen-bond donors (Lipinski definition) is 1. The molecule has 3 fully saturated rings. The molecule has 192 valence electrons. The number of anilines is 2. The van der Waals surface area contributed by atoms with Gasteiger partial charge in [0.2, 0.25) is 11.8 Å². The van der Waals surface area contributed by atoms with E-state index in [9.17, 15) is 19.2 Å². The number of rotatable bonds is 7. The lowest BCUT2D eigenvalue weighted by Crippen LogP contribution is -2.32. The first-order valence-corrected chi connectivity index (χ1v) is 12.8. The maximum absolute atomic E-state index is 13.0. The predicted molar refractivity (Wildman–Crippen MR) is 139 cm³/mol. The molecule has 1 heterocycles. The van der Waals surface area contributed by atoms with Gasteiger partial charge in [0.05, 0.1) is 23.1 Å². The number of ether oxygens (including phenoxy) is 2. The van der Waals surface area contributed by atoms with Crippen molar-refractivity contribution < 1.29 is 28.7 Å². The van der Waals surface area contributed by atoms with Gasteiger partial charge in [0, 0.05) is 5.69 Å². The van der Waals surface area contributed by atoms with E-state index in [1.807, 2.05) is 30.3 Å². The molecule has 2 saturated carbocycles. The van der Waals surface area contributed by atoms with E-state index in [1.165, 1.54) is 17.0 Å². The monoisotopic (exact) mass is 510 g/mol. The summed E-state index contributed by atoms with van der Waals surface area (Å²) in [5.74, 6) is 0.147. The maximum Gasteiger partial charge on any atom is 0.338 e. The SMILES string of the molecule is O=C(COC(=O)c1ccc(N2C(=O)[C@@H]3[C@H]4CC[C@@H](C4)[C@@H]3C2=O)cc1)Nc1ccc(Oc2ccccc2)cc1.